The fourth-order valence-corrected chi connectivity index (χ4v) is 2.55. The Bertz CT molecular complexity index is 517. The molecular formula is C15H18BrNO. The highest BCUT2D eigenvalue weighted by atomic mass is 79.9. The molecule has 1 aromatic carbocycles. The summed E-state index contributed by atoms with van der Waals surface area (Å²) >= 11 is 3.47. The van der Waals surface area contributed by atoms with Gasteiger partial charge in [-0.2, -0.15) is 0 Å². The molecule has 0 unspecified atom stereocenters. The smallest absolute Gasteiger partial charge is 0.167 e. The number of piperidine rings is 1. The van der Waals surface area contributed by atoms with Crippen molar-refractivity contribution >= 4 is 27.8 Å². The molecule has 1 N–H and O–H groups in total. The van der Waals surface area contributed by atoms with Crippen LogP contribution in [0.5, 0.6) is 0 Å². The van der Waals surface area contributed by atoms with E-state index in [1.165, 1.54) is 5.56 Å². The fraction of sp³-hybridized carbons (Fsp3) is 0.400. The maximum Gasteiger partial charge on any atom is 0.167 e. The van der Waals surface area contributed by atoms with E-state index in [1.54, 1.807) is 0 Å². The molecule has 1 aliphatic rings. The van der Waals surface area contributed by atoms with Crippen molar-refractivity contribution in [1.29, 1.82) is 0 Å². The van der Waals surface area contributed by atoms with Gasteiger partial charge in [-0.15, -0.1) is 0 Å². The van der Waals surface area contributed by atoms with Crippen LogP contribution in [0.2, 0.25) is 0 Å². The van der Waals surface area contributed by atoms with E-state index < -0.39 is 0 Å². The van der Waals surface area contributed by atoms with Gasteiger partial charge < -0.3 is 5.32 Å². The summed E-state index contributed by atoms with van der Waals surface area (Å²) in [5.41, 5.74) is 2.85. The molecule has 0 saturated carbocycles. The van der Waals surface area contributed by atoms with Gasteiger partial charge in [0.05, 0.1) is 0 Å². The average Bonchev–Trinajstić information content (AvgIpc) is 2.30. The Kier molecular flexibility index (Phi) is 3.74. The Hall–Kier alpha value is -0.930. The SMILES string of the molecule is Cc1ccc(Br)cc1/C=C1\CNCC(C)(C)C1=O. The minimum atomic E-state index is -0.302. The molecule has 1 aromatic rings. The first-order valence-electron chi connectivity index (χ1n) is 6.12. The quantitative estimate of drug-likeness (QED) is 0.806. The molecular weight excluding hydrogens is 290 g/mol. The van der Waals surface area contributed by atoms with Crippen LogP contribution in [-0.4, -0.2) is 18.9 Å². The second-order valence-corrected chi connectivity index (χ2v) is 6.40. The molecule has 0 amide bonds. The summed E-state index contributed by atoms with van der Waals surface area (Å²) < 4.78 is 1.04. The third kappa shape index (κ3) is 2.73. The largest absolute Gasteiger partial charge is 0.312 e. The van der Waals surface area contributed by atoms with E-state index in [1.807, 2.05) is 26.0 Å². The second kappa shape index (κ2) is 4.98. The molecule has 1 fully saturated rings. The Morgan fingerprint density at radius 2 is 2.11 bits per heavy atom. The zero-order valence-electron chi connectivity index (χ0n) is 11.0. The molecule has 1 aliphatic heterocycles. The molecule has 0 atom stereocenters. The van der Waals surface area contributed by atoms with Gasteiger partial charge >= 0.3 is 0 Å². The first kappa shape index (κ1) is 13.5. The molecule has 1 saturated heterocycles. The van der Waals surface area contributed by atoms with E-state index in [9.17, 15) is 4.79 Å². The van der Waals surface area contributed by atoms with Gasteiger partial charge in [-0.3, -0.25) is 4.79 Å². The van der Waals surface area contributed by atoms with Crippen LogP contribution in [0.3, 0.4) is 0 Å². The lowest BCUT2D eigenvalue weighted by atomic mass is 9.80. The zero-order valence-corrected chi connectivity index (χ0v) is 12.6. The van der Waals surface area contributed by atoms with Crippen molar-refractivity contribution in [2.45, 2.75) is 20.8 Å². The number of aryl methyl sites for hydroxylation is 1. The summed E-state index contributed by atoms with van der Waals surface area (Å²) in [7, 11) is 0. The summed E-state index contributed by atoms with van der Waals surface area (Å²) in [4.78, 5) is 12.3. The first-order chi connectivity index (χ1) is 8.40. The molecule has 2 rings (SSSR count). The fourth-order valence-electron chi connectivity index (χ4n) is 2.18. The first-order valence-corrected chi connectivity index (χ1v) is 6.92. The summed E-state index contributed by atoms with van der Waals surface area (Å²) in [5, 5.41) is 3.31. The highest BCUT2D eigenvalue weighted by Gasteiger charge is 2.33. The Morgan fingerprint density at radius 3 is 2.83 bits per heavy atom. The normalized spacial score (nSPS) is 21.3. The number of halogens is 1. The van der Waals surface area contributed by atoms with E-state index in [2.05, 4.69) is 40.3 Å². The van der Waals surface area contributed by atoms with Crippen LogP contribution in [0, 0.1) is 12.3 Å². The van der Waals surface area contributed by atoms with E-state index in [0.29, 0.717) is 6.54 Å². The number of ketones is 1. The summed E-state index contributed by atoms with van der Waals surface area (Å²) in [5.74, 6) is 0.251. The van der Waals surface area contributed by atoms with Crippen molar-refractivity contribution < 1.29 is 4.79 Å². The zero-order chi connectivity index (χ0) is 13.3. The van der Waals surface area contributed by atoms with Crippen LogP contribution in [0.1, 0.15) is 25.0 Å². The standard InChI is InChI=1S/C15H18BrNO/c1-10-4-5-13(16)7-11(10)6-12-8-17-9-15(2,3)14(12)18/h4-7,17H,8-9H2,1-3H3/b12-6+. The number of hydrogen-bond donors (Lipinski definition) is 1. The Morgan fingerprint density at radius 1 is 1.39 bits per heavy atom. The molecule has 1 heterocycles. The molecule has 18 heavy (non-hydrogen) atoms. The van der Waals surface area contributed by atoms with E-state index >= 15 is 0 Å². The van der Waals surface area contributed by atoms with Gasteiger partial charge in [0.25, 0.3) is 0 Å². The number of carbonyl (C=O) groups excluding carboxylic acids is 1. The Balaban J connectivity index is 2.38. The van der Waals surface area contributed by atoms with Crippen LogP contribution in [0.15, 0.2) is 28.2 Å². The van der Waals surface area contributed by atoms with Crippen LogP contribution in [-0.2, 0) is 4.79 Å². The lowest BCUT2D eigenvalue weighted by Crippen LogP contribution is -2.44. The van der Waals surface area contributed by atoms with Gasteiger partial charge in [-0.1, -0.05) is 35.8 Å². The number of benzene rings is 1. The highest BCUT2D eigenvalue weighted by molar-refractivity contribution is 9.10. The minimum absolute atomic E-state index is 0.251. The molecule has 0 bridgehead atoms. The lowest BCUT2D eigenvalue weighted by Gasteiger charge is -2.30. The highest BCUT2D eigenvalue weighted by Crippen LogP contribution is 2.26. The van der Waals surface area contributed by atoms with Crippen LogP contribution in [0.25, 0.3) is 6.08 Å². The van der Waals surface area contributed by atoms with Crippen molar-refractivity contribution in [2.24, 2.45) is 5.41 Å². The molecule has 0 aliphatic carbocycles. The van der Waals surface area contributed by atoms with Crippen LogP contribution in [0.4, 0.5) is 0 Å². The molecule has 2 nitrogen and oxygen atoms in total. The van der Waals surface area contributed by atoms with Crippen LogP contribution < -0.4 is 5.32 Å². The van der Waals surface area contributed by atoms with Crippen molar-refractivity contribution in [1.82, 2.24) is 5.32 Å². The maximum atomic E-state index is 12.3. The van der Waals surface area contributed by atoms with Gasteiger partial charge in [0, 0.05) is 28.6 Å². The number of nitrogens with one attached hydrogen (secondary N) is 1. The average molecular weight is 308 g/mol. The molecule has 0 radical (unpaired) electrons. The van der Waals surface area contributed by atoms with Gasteiger partial charge in [0.15, 0.2) is 5.78 Å². The number of Topliss-reactive ketones (excluding diaryl/α,β-unsaturated/α-hetero) is 1. The molecule has 0 aromatic heterocycles. The summed E-state index contributed by atoms with van der Waals surface area (Å²) in [6, 6.07) is 6.13. The summed E-state index contributed by atoms with van der Waals surface area (Å²) in [6.07, 6.45) is 2.01. The molecule has 96 valence electrons. The second-order valence-electron chi connectivity index (χ2n) is 5.49. The summed E-state index contributed by atoms with van der Waals surface area (Å²) in [6.45, 7) is 7.45. The van der Waals surface area contributed by atoms with Gasteiger partial charge in [0.1, 0.15) is 0 Å². The van der Waals surface area contributed by atoms with E-state index in [4.69, 9.17) is 0 Å². The van der Waals surface area contributed by atoms with Crippen LogP contribution >= 0.6 is 15.9 Å². The topological polar surface area (TPSA) is 29.1 Å². The van der Waals surface area contributed by atoms with Crippen molar-refractivity contribution in [3.05, 3.63) is 39.4 Å². The predicted octanol–water partition coefficient (Wildman–Crippen LogP) is 3.34. The van der Waals surface area contributed by atoms with Gasteiger partial charge in [-0.25, -0.2) is 0 Å². The molecule has 0 spiro atoms. The maximum absolute atomic E-state index is 12.3. The minimum Gasteiger partial charge on any atom is -0.312 e. The Labute approximate surface area is 117 Å². The third-order valence-corrected chi connectivity index (χ3v) is 3.85. The monoisotopic (exact) mass is 307 g/mol. The van der Waals surface area contributed by atoms with Crippen molar-refractivity contribution in [2.75, 3.05) is 13.1 Å². The number of carbonyl (C=O) groups is 1. The number of rotatable bonds is 1. The number of hydrogen-bond acceptors (Lipinski definition) is 2. The van der Waals surface area contributed by atoms with E-state index in [-0.39, 0.29) is 11.2 Å². The predicted molar refractivity (Wildman–Crippen MR) is 78.5 cm³/mol. The van der Waals surface area contributed by atoms with Crippen molar-refractivity contribution in [3.63, 3.8) is 0 Å². The van der Waals surface area contributed by atoms with E-state index in [0.717, 1.165) is 22.2 Å². The van der Waals surface area contributed by atoms with Gasteiger partial charge in [-0.05, 0) is 36.3 Å². The molecule has 3 heteroatoms. The lowest BCUT2D eigenvalue weighted by molar-refractivity contribution is -0.124. The van der Waals surface area contributed by atoms with Gasteiger partial charge in [0.2, 0.25) is 0 Å². The van der Waals surface area contributed by atoms with Crippen molar-refractivity contribution in [3.8, 4) is 0 Å². The third-order valence-electron chi connectivity index (χ3n) is 3.36.